The van der Waals surface area contributed by atoms with Crippen LogP contribution in [-0.2, 0) is 17.5 Å². The summed E-state index contributed by atoms with van der Waals surface area (Å²) in [6.07, 6.45) is -1.88. The molecule has 1 aromatic carbocycles. The van der Waals surface area contributed by atoms with E-state index in [9.17, 15) is 23.3 Å². The second kappa shape index (κ2) is 8.83. The van der Waals surface area contributed by atoms with Gasteiger partial charge in [0.15, 0.2) is 0 Å². The Labute approximate surface area is 179 Å². The fourth-order valence-electron chi connectivity index (χ4n) is 3.11. The van der Waals surface area contributed by atoms with Crippen LogP contribution in [0.1, 0.15) is 5.56 Å². The van der Waals surface area contributed by atoms with Gasteiger partial charge in [-0.05, 0) is 28.7 Å². The molecule has 9 nitrogen and oxygen atoms in total. The highest BCUT2D eigenvalue weighted by Crippen LogP contribution is 2.31. The zero-order valence-electron chi connectivity index (χ0n) is 16.5. The van der Waals surface area contributed by atoms with Crippen LogP contribution >= 0.6 is 0 Å². The largest absolute Gasteiger partial charge is 0.475 e. The van der Waals surface area contributed by atoms with Gasteiger partial charge in [0.1, 0.15) is 25.5 Å². The zero-order chi connectivity index (χ0) is 22.7. The Morgan fingerprint density at radius 1 is 1.16 bits per heavy atom. The van der Waals surface area contributed by atoms with Gasteiger partial charge >= 0.3 is 18.0 Å². The number of rotatable bonds is 7. The SMILES string of the molecule is O=[N+]([O-])c1cn2c(n1)OC[C@@H](OCCOc1ccc(-c3ccc(C(F)(F)F)cc3)cn1)C2. The molecule has 0 spiro atoms. The molecule has 4 rings (SSSR count). The molecule has 0 amide bonds. The van der Waals surface area contributed by atoms with Gasteiger partial charge in [0.2, 0.25) is 5.88 Å². The van der Waals surface area contributed by atoms with Crippen LogP contribution in [0.2, 0.25) is 0 Å². The summed E-state index contributed by atoms with van der Waals surface area (Å²) in [6, 6.07) is 8.34. The second-order valence-electron chi connectivity index (χ2n) is 6.90. The van der Waals surface area contributed by atoms with Gasteiger partial charge in [-0.15, -0.1) is 0 Å². The Bertz CT molecular complexity index is 1080. The van der Waals surface area contributed by atoms with Crippen molar-refractivity contribution < 1.29 is 32.3 Å². The summed E-state index contributed by atoms with van der Waals surface area (Å²) in [7, 11) is 0. The van der Waals surface area contributed by atoms with Crippen molar-refractivity contribution in [3.05, 3.63) is 64.5 Å². The fourth-order valence-corrected chi connectivity index (χ4v) is 3.11. The Hall–Kier alpha value is -3.67. The molecule has 0 aliphatic carbocycles. The van der Waals surface area contributed by atoms with Crippen molar-refractivity contribution in [1.82, 2.24) is 14.5 Å². The quantitative estimate of drug-likeness (QED) is 0.307. The molecule has 0 fully saturated rings. The van der Waals surface area contributed by atoms with E-state index in [4.69, 9.17) is 14.2 Å². The third-order valence-corrected chi connectivity index (χ3v) is 4.68. The Morgan fingerprint density at radius 3 is 2.56 bits per heavy atom. The lowest BCUT2D eigenvalue weighted by Gasteiger charge is -2.22. The standard InChI is InChI=1S/C20H17F3N4O5/c21-20(22,23)15-4-1-13(2-5-15)14-3-6-18(24-9-14)31-8-7-30-16-10-26-11-17(27(28)29)25-19(26)32-12-16/h1-6,9,11,16H,7-8,10,12H2/t16-/m0/s1. The van der Waals surface area contributed by atoms with E-state index in [0.29, 0.717) is 23.6 Å². The van der Waals surface area contributed by atoms with Crippen LogP contribution < -0.4 is 9.47 Å². The number of imidazole rings is 1. The molecule has 0 saturated heterocycles. The van der Waals surface area contributed by atoms with Gasteiger partial charge in [-0.2, -0.15) is 13.2 Å². The maximum Gasteiger partial charge on any atom is 0.416 e. The van der Waals surface area contributed by atoms with Crippen LogP contribution in [0.25, 0.3) is 11.1 Å². The van der Waals surface area contributed by atoms with Crippen molar-refractivity contribution in [1.29, 1.82) is 0 Å². The molecule has 32 heavy (non-hydrogen) atoms. The third kappa shape index (κ3) is 4.97. The summed E-state index contributed by atoms with van der Waals surface area (Å²) in [5.74, 6) is 0.0616. The summed E-state index contributed by atoms with van der Waals surface area (Å²) in [5.41, 5.74) is 0.559. The van der Waals surface area contributed by atoms with Crippen LogP contribution in [0.3, 0.4) is 0 Å². The third-order valence-electron chi connectivity index (χ3n) is 4.68. The number of nitro groups is 1. The predicted molar refractivity (Wildman–Crippen MR) is 104 cm³/mol. The van der Waals surface area contributed by atoms with E-state index in [-0.39, 0.29) is 37.8 Å². The van der Waals surface area contributed by atoms with Crippen molar-refractivity contribution in [2.75, 3.05) is 19.8 Å². The van der Waals surface area contributed by atoms with Crippen molar-refractivity contribution in [3.8, 4) is 23.0 Å². The predicted octanol–water partition coefficient (Wildman–Crippen LogP) is 3.73. The van der Waals surface area contributed by atoms with Crippen molar-refractivity contribution in [3.63, 3.8) is 0 Å². The van der Waals surface area contributed by atoms with Gasteiger partial charge in [-0.1, -0.05) is 12.1 Å². The molecule has 0 unspecified atom stereocenters. The molecule has 2 aromatic heterocycles. The molecule has 1 aliphatic heterocycles. The molecule has 0 radical (unpaired) electrons. The zero-order valence-corrected chi connectivity index (χ0v) is 16.5. The van der Waals surface area contributed by atoms with E-state index >= 15 is 0 Å². The first-order chi connectivity index (χ1) is 15.3. The fraction of sp³-hybridized carbons (Fsp3) is 0.300. The average molecular weight is 450 g/mol. The lowest BCUT2D eigenvalue weighted by Crippen LogP contribution is -2.33. The van der Waals surface area contributed by atoms with E-state index in [2.05, 4.69) is 9.97 Å². The van der Waals surface area contributed by atoms with Gasteiger partial charge in [0.25, 0.3) is 0 Å². The Balaban J connectivity index is 1.24. The lowest BCUT2D eigenvalue weighted by molar-refractivity contribution is -0.389. The summed E-state index contributed by atoms with van der Waals surface area (Å²) >= 11 is 0. The highest BCUT2D eigenvalue weighted by Gasteiger charge is 2.30. The smallest absolute Gasteiger partial charge is 0.416 e. The van der Waals surface area contributed by atoms with E-state index in [0.717, 1.165) is 12.1 Å². The number of benzene rings is 1. The van der Waals surface area contributed by atoms with E-state index < -0.39 is 16.7 Å². The minimum absolute atomic E-state index is 0.185. The first kappa shape index (κ1) is 21.6. The van der Waals surface area contributed by atoms with Crippen LogP contribution in [0.5, 0.6) is 11.9 Å². The van der Waals surface area contributed by atoms with Crippen LogP contribution in [0.15, 0.2) is 48.8 Å². The van der Waals surface area contributed by atoms with E-state index in [1.54, 1.807) is 12.1 Å². The number of aromatic nitrogens is 3. The van der Waals surface area contributed by atoms with Gasteiger partial charge in [0, 0.05) is 22.8 Å². The minimum atomic E-state index is -4.38. The van der Waals surface area contributed by atoms with Crippen LogP contribution in [0.4, 0.5) is 19.0 Å². The molecule has 1 aliphatic rings. The number of fused-ring (bicyclic) bond motifs is 1. The maximum absolute atomic E-state index is 12.7. The molecule has 0 bridgehead atoms. The Morgan fingerprint density at radius 2 is 1.91 bits per heavy atom. The van der Waals surface area contributed by atoms with Crippen molar-refractivity contribution >= 4 is 5.82 Å². The number of hydrogen-bond acceptors (Lipinski definition) is 7. The summed E-state index contributed by atoms with van der Waals surface area (Å²) in [6.45, 7) is 1.03. The van der Waals surface area contributed by atoms with Gasteiger partial charge in [0.05, 0.1) is 18.7 Å². The van der Waals surface area contributed by atoms with Gasteiger partial charge in [-0.25, -0.2) is 4.98 Å². The van der Waals surface area contributed by atoms with Crippen molar-refractivity contribution in [2.45, 2.75) is 18.8 Å². The molecule has 3 heterocycles. The topological polar surface area (TPSA) is 102 Å². The first-order valence-electron chi connectivity index (χ1n) is 9.52. The van der Waals surface area contributed by atoms with E-state index in [1.807, 2.05) is 0 Å². The molecule has 168 valence electrons. The number of nitrogens with zero attached hydrogens (tertiary/aromatic N) is 4. The summed E-state index contributed by atoms with van der Waals surface area (Å²) < 4.78 is 56.1. The normalized spacial score (nSPS) is 15.7. The number of halogens is 3. The van der Waals surface area contributed by atoms with Crippen molar-refractivity contribution in [2.24, 2.45) is 0 Å². The lowest BCUT2D eigenvalue weighted by atomic mass is 10.1. The average Bonchev–Trinajstić information content (AvgIpc) is 3.21. The summed E-state index contributed by atoms with van der Waals surface area (Å²) in [4.78, 5) is 18.1. The molecule has 0 N–H and O–H groups in total. The molecular weight excluding hydrogens is 433 g/mol. The highest BCUT2D eigenvalue weighted by atomic mass is 19.4. The molecule has 0 saturated carbocycles. The van der Waals surface area contributed by atoms with Gasteiger partial charge in [-0.3, -0.25) is 4.57 Å². The monoisotopic (exact) mass is 450 g/mol. The second-order valence-corrected chi connectivity index (χ2v) is 6.90. The maximum atomic E-state index is 12.7. The molecular formula is C20H17F3N4O5. The van der Waals surface area contributed by atoms with Crippen LogP contribution in [-0.4, -0.2) is 45.4 Å². The highest BCUT2D eigenvalue weighted by molar-refractivity contribution is 5.63. The number of alkyl halides is 3. The first-order valence-corrected chi connectivity index (χ1v) is 9.52. The van der Waals surface area contributed by atoms with E-state index in [1.165, 1.54) is 29.1 Å². The number of hydrogen-bond donors (Lipinski definition) is 0. The number of pyridine rings is 1. The molecule has 3 aromatic rings. The molecule has 12 heteroatoms. The van der Waals surface area contributed by atoms with Crippen LogP contribution in [0, 0.1) is 10.1 Å². The van der Waals surface area contributed by atoms with Gasteiger partial charge < -0.3 is 24.3 Å². The number of ether oxygens (including phenoxy) is 3. The minimum Gasteiger partial charge on any atom is -0.475 e. The molecule has 1 atom stereocenters. The summed E-state index contributed by atoms with van der Waals surface area (Å²) in [5, 5.41) is 10.8. The Kier molecular flexibility index (Phi) is 5.95.